The number of halogens is 1. The lowest BCUT2D eigenvalue weighted by molar-refractivity contribution is -0.114. The number of rotatable bonds is 6. The van der Waals surface area contributed by atoms with E-state index in [0.29, 0.717) is 27.8 Å². The minimum atomic E-state index is -0.181. The summed E-state index contributed by atoms with van der Waals surface area (Å²) in [5, 5.41) is 6.17. The molecule has 0 saturated carbocycles. The lowest BCUT2D eigenvalue weighted by atomic mass is 10.2. The van der Waals surface area contributed by atoms with Crippen molar-refractivity contribution in [3.05, 3.63) is 83.0 Å². The summed E-state index contributed by atoms with van der Waals surface area (Å²) < 4.78 is 0. The molecule has 0 aliphatic heterocycles. The fourth-order valence-electron chi connectivity index (χ4n) is 2.49. The van der Waals surface area contributed by atoms with Crippen LogP contribution in [0.1, 0.15) is 22.8 Å². The molecule has 2 N–H and O–H groups in total. The molecule has 2 amide bonds. The van der Waals surface area contributed by atoms with Gasteiger partial charge in [0.25, 0.3) is 5.91 Å². The van der Waals surface area contributed by atoms with Crippen molar-refractivity contribution in [1.82, 2.24) is 4.98 Å². The number of nitrogens with one attached hydrogen (secondary N) is 2. The summed E-state index contributed by atoms with van der Waals surface area (Å²) in [7, 11) is 0. The van der Waals surface area contributed by atoms with E-state index in [1.54, 1.807) is 48.3 Å². The van der Waals surface area contributed by atoms with Crippen LogP contribution < -0.4 is 10.6 Å². The molecular weight excluding hydrogens is 394 g/mol. The van der Waals surface area contributed by atoms with Gasteiger partial charge in [0.05, 0.1) is 5.56 Å². The number of hydrogen-bond donors (Lipinski definition) is 2. The van der Waals surface area contributed by atoms with Crippen LogP contribution in [0.3, 0.4) is 0 Å². The first-order valence-electron chi connectivity index (χ1n) is 8.52. The first kappa shape index (κ1) is 19.9. The standard InChI is InChI=1S/C21H18ClN3O2S/c1-14(26)24-20-12-15(10-11-23-20)13-28-19-5-3-2-4-18(19)21(27)25-17-8-6-16(22)7-9-17/h2-12H,13H2,1H3,(H,25,27)(H,23,24,26). The Bertz CT molecular complexity index is 993. The van der Waals surface area contributed by atoms with Crippen LogP contribution in [0.4, 0.5) is 11.5 Å². The van der Waals surface area contributed by atoms with Gasteiger partial charge in [-0.05, 0) is 54.1 Å². The maximum absolute atomic E-state index is 12.7. The van der Waals surface area contributed by atoms with E-state index in [0.717, 1.165) is 10.5 Å². The highest BCUT2D eigenvalue weighted by Gasteiger charge is 2.12. The van der Waals surface area contributed by atoms with E-state index in [4.69, 9.17) is 11.6 Å². The molecule has 0 saturated heterocycles. The van der Waals surface area contributed by atoms with E-state index in [-0.39, 0.29) is 11.8 Å². The maximum atomic E-state index is 12.7. The number of amides is 2. The van der Waals surface area contributed by atoms with Gasteiger partial charge < -0.3 is 10.6 Å². The first-order chi connectivity index (χ1) is 13.5. The Hall–Kier alpha value is -2.83. The zero-order valence-electron chi connectivity index (χ0n) is 15.1. The van der Waals surface area contributed by atoms with E-state index in [9.17, 15) is 9.59 Å². The summed E-state index contributed by atoms with van der Waals surface area (Å²) in [6.45, 7) is 1.44. The third-order valence-corrected chi connectivity index (χ3v) is 5.15. The van der Waals surface area contributed by atoms with Gasteiger partial charge >= 0.3 is 0 Å². The molecule has 2 aromatic carbocycles. The fourth-order valence-corrected chi connectivity index (χ4v) is 3.60. The van der Waals surface area contributed by atoms with Gasteiger partial charge in [-0.25, -0.2) is 4.98 Å². The van der Waals surface area contributed by atoms with Gasteiger partial charge in [-0.15, -0.1) is 11.8 Å². The first-order valence-corrected chi connectivity index (χ1v) is 9.89. The molecule has 3 aromatic rings. The average molecular weight is 412 g/mol. The molecule has 7 heteroatoms. The Morgan fingerprint density at radius 3 is 2.54 bits per heavy atom. The van der Waals surface area contributed by atoms with E-state index in [1.807, 2.05) is 30.3 Å². The van der Waals surface area contributed by atoms with Gasteiger partial charge in [-0.2, -0.15) is 0 Å². The number of carbonyl (C=O) groups excluding carboxylic acids is 2. The lowest BCUT2D eigenvalue weighted by Gasteiger charge is -2.10. The molecular formula is C21H18ClN3O2S. The van der Waals surface area contributed by atoms with Crippen molar-refractivity contribution in [3.63, 3.8) is 0 Å². The Balaban J connectivity index is 1.71. The molecule has 0 unspecified atom stereocenters. The highest BCUT2D eigenvalue weighted by molar-refractivity contribution is 7.98. The monoisotopic (exact) mass is 411 g/mol. The predicted octanol–water partition coefficient (Wildman–Crippen LogP) is 5.24. The number of carbonyl (C=O) groups is 2. The summed E-state index contributed by atoms with van der Waals surface area (Å²) in [6.07, 6.45) is 1.65. The second-order valence-electron chi connectivity index (χ2n) is 5.98. The van der Waals surface area contributed by atoms with Crippen LogP contribution in [0.5, 0.6) is 0 Å². The highest BCUT2D eigenvalue weighted by atomic mass is 35.5. The van der Waals surface area contributed by atoms with Crippen molar-refractivity contribution < 1.29 is 9.59 Å². The van der Waals surface area contributed by atoms with Gasteiger partial charge in [0.15, 0.2) is 0 Å². The third kappa shape index (κ3) is 5.58. The largest absolute Gasteiger partial charge is 0.322 e. The van der Waals surface area contributed by atoms with Crippen molar-refractivity contribution in [1.29, 1.82) is 0 Å². The summed E-state index contributed by atoms with van der Waals surface area (Å²) in [4.78, 5) is 28.9. The SMILES string of the molecule is CC(=O)Nc1cc(CSc2ccccc2C(=O)Nc2ccc(Cl)cc2)ccn1. The molecule has 28 heavy (non-hydrogen) atoms. The van der Waals surface area contributed by atoms with Gasteiger partial charge in [-0.1, -0.05) is 23.7 Å². The highest BCUT2D eigenvalue weighted by Crippen LogP contribution is 2.27. The third-order valence-electron chi connectivity index (χ3n) is 3.76. The fraction of sp³-hybridized carbons (Fsp3) is 0.0952. The number of benzene rings is 2. The van der Waals surface area contributed by atoms with Crippen LogP contribution in [0.15, 0.2) is 71.8 Å². The molecule has 3 rings (SSSR count). The van der Waals surface area contributed by atoms with Gasteiger partial charge in [0.2, 0.25) is 5.91 Å². The zero-order valence-corrected chi connectivity index (χ0v) is 16.7. The van der Waals surface area contributed by atoms with Gasteiger partial charge in [0.1, 0.15) is 5.82 Å². The Kier molecular flexibility index (Phi) is 6.68. The number of pyridine rings is 1. The van der Waals surface area contributed by atoms with E-state index in [1.165, 1.54) is 6.92 Å². The predicted molar refractivity (Wildman–Crippen MR) is 114 cm³/mol. The number of nitrogens with zero attached hydrogens (tertiary/aromatic N) is 1. The molecule has 1 heterocycles. The number of aromatic nitrogens is 1. The van der Waals surface area contributed by atoms with Crippen molar-refractivity contribution in [2.24, 2.45) is 0 Å². The number of hydrogen-bond acceptors (Lipinski definition) is 4. The van der Waals surface area contributed by atoms with Crippen molar-refractivity contribution >= 4 is 46.7 Å². The molecule has 142 valence electrons. The molecule has 0 fully saturated rings. The second-order valence-corrected chi connectivity index (χ2v) is 7.43. The molecule has 0 atom stereocenters. The van der Waals surface area contributed by atoms with Crippen LogP contribution in [0.25, 0.3) is 0 Å². The van der Waals surface area contributed by atoms with Crippen molar-refractivity contribution in [3.8, 4) is 0 Å². The average Bonchev–Trinajstić information content (AvgIpc) is 2.68. The normalized spacial score (nSPS) is 10.4. The van der Waals surface area contributed by atoms with Crippen LogP contribution in [0, 0.1) is 0 Å². The molecule has 5 nitrogen and oxygen atoms in total. The smallest absolute Gasteiger partial charge is 0.256 e. The summed E-state index contributed by atoms with van der Waals surface area (Å²) >= 11 is 7.43. The van der Waals surface area contributed by atoms with Crippen molar-refractivity contribution in [2.75, 3.05) is 10.6 Å². The minimum Gasteiger partial charge on any atom is -0.322 e. The summed E-state index contributed by atoms with van der Waals surface area (Å²) in [6, 6.07) is 18.1. The van der Waals surface area contributed by atoms with Crippen LogP contribution in [-0.4, -0.2) is 16.8 Å². The van der Waals surface area contributed by atoms with Crippen LogP contribution >= 0.6 is 23.4 Å². The second kappa shape index (κ2) is 9.39. The molecule has 0 spiro atoms. The zero-order chi connectivity index (χ0) is 19.9. The van der Waals surface area contributed by atoms with Gasteiger partial charge in [0, 0.05) is 34.5 Å². The van der Waals surface area contributed by atoms with E-state index < -0.39 is 0 Å². The van der Waals surface area contributed by atoms with Crippen LogP contribution in [-0.2, 0) is 10.5 Å². The molecule has 0 radical (unpaired) electrons. The summed E-state index contributed by atoms with van der Waals surface area (Å²) in [5.41, 5.74) is 2.28. The number of anilines is 2. The molecule has 0 aliphatic rings. The molecule has 1 aromatic heterocycles. The number of thioether (sulfide) groups is 1. The Morgan fingerprint density at radius 2 is 1.79 bits per heavy atom. The molecule has 0 bridgehead atoms. The summed E-state index contributed by atoms with van der Waals surface area (Å²) in [5.74, 6) is 0.806. The lowest BCUT2D eigenvalue weighted by Crippen LogP contribution is -2.12. The Labute approximate surface area is 172 Å². The minimum absolute atomic E-state index is 0.165. The van der Waals surface area contributed by atoms with E-state index >= 15 is 0 Å². The topological polar surface area (TPSA) is 71.1 Å². The van der Waals surface area contributed by atoms with Crippen molar-refractivity contribution in [2.45, 2.75) is 17.6 Å². The molecule has 0 aliphatic carbocycles. The maximum Gasteiger partial charge on any atom is 0.256 e. The Morgan fingerprint density at radius 1 is 1.04 bits per heavy atom. The van der Waals surface area contributed by atoms with Gasteiger partial charge in [-0.3, -0.25) is 9.59 Å². The van der Waals surface area contributed by atoms with E-state index in [2.05, 4.69) is 15.6 Å². The quantitative estimate of drug-likeness (QED) is 0.544. The van der Waals surface area contributed by atoms with Crippen LogP contribution in [0.2, 0.25) is 5.02 Å².